The highest BCUT2D eigenvalue weighted by atomic mass is 127. The van der Waals surface area contributed by atoms with Crippen molar-refractivity contribution < 1.29 is 18.3 Å². The van der Waals surface area contributed by atoms with Gasteiger partial charge in [0.25, 0.3) is 8.32 Å². The van der Waals surface area contributed by atoms with Crippen LogP contribution in [0.2, 0.25) is 23.2 Å². The molecule has 2 aromatic rings. The normalized spacial score (nSPS) is 22.1. The van der Waals surface area contributed by atoms with Gasteiger partial charge < -0.3 is 18.3 Å². The quantitative estimate of drug-likeness (QED) is 0.0945. The van der Waals surface area contributed by atoms with Crippen molar-refractivity contribution in [1.82, 2.24) is 0 Å². The molecule has 0 radical (unpaired) electrons. The molecule has 1 unspecified atom stereocenters. The van der Waals surface area contributed by atoms with Gasteiger partial charge >= 0.3 is 0 Å². The van der Waals surface area contributed by atoms with Crippen LogP contribution >= 0.6 is 22.6 Å². The minimum atomic E-state index is -2.66. The van der Waals surface area contributed by atoms with Crippen LogP contribution in [0.4, 0.5) is 0 Å². The van der Waals surface area contributed by atoms with Crippen LogP contribution in [0.3, 0.4) is 0 Å². The van der Waals surface area contributed by atoms with E-state index in [-0.39, 0.29) is 40.4 Å². The van der Waals surface area contributed by atoms with Crippen LogP contribution < -0.4 is 10.4 Å². The summed E-state index contributed by atoms with van der Waals surface area (Å²) in [5.74, 6) is -0.472. The first-order valence-electron chi connectivity index (χ1n) is 15.9. The maximum absolute atomic E-state index is 7.44. The lowest BCUT2D eigenvalue weighted by atomic mass is 10.0. The van der Waals surface area contributed by atoms with Crippen LogP contribution in [-0.2, 0) is 18.3 Å². The molecule has 0 aliphatic carbocycles. The molecule has 0 spiro atoms. The van der Waals surface area contributed by atoms with Crippen molar-refractivity contribution >= 4 is 49.6 Å². The van der Waals surface area contributed by atoms with E-state index in [1.807, 2.05) is 13.8 Å². The van der Waals surface area contributed by atoms with Gasteiger partial charge in [0.2, 0.25) is 0 Å². The third kappa shape index (κ3) is 8.71. The van der Waals surface area contributed by atoms with E-state index in [1.54, 1.807) is 0 Å². The number of hydrogen-bond acceptors (Lipinski definition) is 4. The Bertz CT molecular complexity index is 1130. The predicted molar refractivity (Wildman–Crippen MR) is 196 cm³/mol. The Morgan fingerprint density at radius 1 is 0.814 bits per heavy atom. The predicted octanol–water partition coefficient (Wildman–Crippen LogP) is 8.88. The second-order valence-corrected chi connectivity index (χ2v) is 25.3. The van der Waals surface area contributed by atoms with Gasteiger partial charge in [-0.3, -0.25) is 0 Å². The van der Waals surface area contributed by atoms with Crippen LogP contribution in [0.15, 0.2) is 72.8 Å². The number of benzene rings is 2. The molecule has 0 aromatic heterocycles. The fourth-order valence-electron chi connectivity index (χ4n) is 5.72. The molecule has 0 N–H and O–H groups in total. The third-order valence-electron chi connectivity index (χ3n) is 9.30. The number of rotatable bonds is 12. The second kappa shape index (κ2) is 14.3. The van der Waals surface area contributed by atoms with E-state index in [9.17, 15) is 0 Å². The van der Waals surface area contributed by atoms with E-state index in [4.69, 9.17) is 18.3 Å². The van der Waals surface area contributed by atoms with E-state index in [2.05, 4.69) is 164 Å². The lowest BCUT2D eigenvalue weighted by molar-refractivity contribution is -0.151. The molecule has 0 amide bonds. The molecular weight excluding hydrogens is 679 g/mol. The minimum absolute atomic E-state index is 0.00703. The molecule has 7 heteroatoms. The Balaban J connectivity index is 1.99. The zero-order chi connectivity index (χ0) is 32.3. The lowest BCUT2D eigenvalue weighted by Gasteiger charge is -2.45. The first-order chi connectivity index (χ1) is 19.8. The van der Waals surface area contributed by atoms with Gasteiger partial charge in [-0.05, 0) is 66.7 Å². The molecule has 240 valence electrons. The molecule has 0 saturated carbocycles. The average Bonchev–Trinajstić information content (AvgIpc) is 3.22. The van der Waals surface area contributed by atoms with Crippen molar-refractivity contribution in [2.45, 2.75) is 129 Å². The van der Waals surface area contributed by atoms with Crippen molar-refractivity contribution in [3.8, 4) is 0 Å². The van der Waals surface area contributed by atoms with Crippen LogP contribution in [0.25, 0.3) is 0 Å². The van der Waals surface area contributed by atoms with Gasteiger partial charge in [0.1, 0.15) is 6.10 Å². The Morgan fingerprint density at radius 2 is 1.33 bits per heavy atom. The fourth-order valence-corrected chi connectivity index (χ4v) is 12.4. The highest BCUT2D eigenvalue weighted by Crippen LogP contribution is 2.41. The highest BCUT2D eigenvalue weighted by Gasteiger charge is 2.52. The maximum Gasteiger partial charge on any atom is 0.261 e. The number of alkyl halides is 1. The van der Waals surface area contributed by atoms with Gasteiger partial charge in [0, 0.05) is 10.5 Å². The molecule has 1 heterocycles. The van der Waals surface area contributed by atoms with E-state index in [0.29, 0.717) is 0 Å². The highest BCUT2D eigenvalue weighted by molar-refractivity contribution is 14.1. The fraction of sp³-hybridized carbons (Fsp3) is 0.611. The molecule has 3 rings (SSSR count). The van der Waals surface area contributed by atoms with Crippen LogP contribution in [-0.4, -0.2) is 51.3 Å². The van der Waals surface area contributed by atoms with E-state index in [1.165, 1.54) is 10.4 Å². The lowest BCUT2D eigenvalue weighted by Crippen LogP contribution is -2.67. The molecule has 1 aliphatic heterocycles. The largest absolute Gasteiger partial charge is 0.408 e. The number of ether oxygens (including phenoxy) is 2. The standard InChI is InChI=1S/C36H57IO4Si2/c1-27(23-24-32(41-42(11,12)34(3,4)5)33-31(25-26-37)38-36(9,10)39-33)28(2)40-43(35(6,7)8,29-19-15-13-16-20-29)30-21-17-14-18-22-30/h13-24,27-28,31-33H,25-26H2,1-12H3/b24-23-/t27-,28+,31+,32?,33+/m1/s1. The van der Waals surface area contributed by atoms with Crippen molar-refractivity contribution in [1.29, 1.82) is 0 Å². The molecule has 1 aliphatic rings. The zero-order valence-corrected chi connectivity index (χ0v) is 32.9. The summed E-state index contributed by atoms with van der Waals surface area (Å²) in [5, 5.41) is 2.61. The second-order valence-electron chi connectivity index (χ2n) is 15.2. The molecule has 4 nitrogen and oxygen atoms in total. The summed E-state index contributed by atoms with van der Waals surface area (Å²) in [5.41, 5.74) is 0. The third-order valence-corrected chi connectivity index (χ3v) is 19.5. The first kappa shape index (κ1) is 36.6. The summed E-state index contributed by atoms with van der Waals surface area (Å²) >= 11 is 2.43. The van der Waals surface area contributed by atoms with E-state index in [0.717, 1.165) is 10.8 Å². The van der Waals surface area contributed by atoms with Crippen molar-refractivity contribution in [2.75, 3.05) is 4.43 Å². The monoisotopic (exact) mass is 736 g/mol. The Labute approximate surface area is 278 Å². The maximum atomic E-state index is 7.44. The minimum Gasteiger partial charge on any atom is -0.408 e. The van der Waals surface area contributed by atoms with Gasteiger partial charge in [-0.1, -0.05) is 144 Å². The van der Waals surface area contributed by atoms with Gasteiger partial charge in [-0.25, -0.2) is 0 Å². The van der Waals surface area contributed by atoms with Crippen molar-refractivity contribution in [3.63, 3.8) is 0 Å². The molecular formula is C36H57IO4Si2. The summed E-state index contributed by atoms with van der Waals surface area (Å²) in [6.07, 6.45) is 5.12. The molecule has 0 bridgehead atoms. The van der Waals surface area contributed by atoms with Crippen LogP contribution in [0.5, 0.6) is 0 Å². The smallest absolute Gasteiger partial charge is 0.261 e. The first-order valence-corrected chi connectivity index (χ1v) is 22.3. The molecule has 1 saturated heterocycles. The zero-order valence-electron chi connectivity index (χ0n) is 28.7. The summed E-state index contributed by atoms with van der Waals surface area (Å²) in [4.78, 5) is 0. The van der Waals surface area contributed by atoms with Crippen LogP contribution in [0.1, 0.15) is 75.7 Å². The molecule has 43 heavy (non-hydrogen) atoms. The Hall–Kier alpha value is -0.816. The average molecular weight is 737 g/mol. The summed E-state index contributed by atoms with van der Waals surface area (Å²) in [6, 6.07) is 21.8. The molecule has 2 aromatic carbocycles. The molecule has 5 atom stereocenters. The van der Waals surface area contributed by atoms with E-state index < -0.39 is 22.4 Å². The van der Waals surface area contributed by atoms with Gasteiger partial charge in [0.05, 0.1) is 12.2 Å². The van der Waals surface area contributed by atoms with Gasteiger partial charge in [0.15, 0.2) is 14.1 Å². The SMILES string of the molecule is C[C@H](/C=C\C(O[Si](C)(C)C(C)(C)C)[C@H]1OC(C)(C)O[C@H]1CCI)[C@H](C)O[Si](c1ccccc1)(c1ccccc1)C(C)(C)C. The molecule has 1 fully saturated rings. The van der Waals surface area contributed by atoms with Gasteiger partial charge in [-0.2, -0.15) is 0 Å². The summed E-state index contributed by atoms with van der Waals surface area (Å²) in [7, 11) is -4.76. The van der Waals surface area contributed by atoms with Gasteiger partial charge in [-0.15, -0.1) is 0 Å². The van der Waals surface area contributed by atoms with Crippen molar-refractivity contribution in [2.24, 2.45) is 5.92 Å². The Kier molecular flexibility index (Phi) is 12.2. The summed E-state index contributed by atoms with van der Waals surface area (Å²) in [6.45, 7) is 27.1. The Morgan fingerprint density at radius 3 is 1.77 bits per heavy atom. The number of halogens is 1. The topological polar surface area (TPSA) is 36.9 Å². The summed E-state index contributed by atoms with van der Waals surface area (Å²) < 4.78 is 28.5. The van der Waals surface area contributed by atoms with E-state index >= 15 is 0 Å². The number of hydrogen-bond donors (Lipinski definition) is 0. The van der Waals surface area contributed by atoms with Crippen molar-refractivity contribution in [3.05, 3.63) is 72.8 Å². The van der Waals surface area contributed by atoms with Crippen LogP contribution in [0, 0.1) is 5.92 Å².